The van der Waals surface area contributed by atoms with E-state index < -0.39 is 5.82 Å². The second-order valence-electron chi connectivity index (χ2n) is 6.68. The van der Waals surface area contributed by atoms with Crippen LogP contribution in [0.4, 0.5) is 4.39 Å². The standard InChI is InChI=1S/C21H20BrClFN3O/c1-13-18(12-26(3)21(28)17-10-16(24)8-9-19(17)22)14(2)27(25-13)11-15-6-4-5-7-20(15)23/h4-10H,11-12H2,1-3H3. The molecule has 0 fully saturated rings. The Labute approximate surface area is 177 Å². The maximum atomic E-state index is 13.6. The largest absolute Gasteiger partial charge is 0.337 e. The van der Waals surface area contributed by atoms with Gasteiger partial charge in [-0.15, -0.1) is 0 Å². The van der Waals surface area contributed by atoms with Crippen molar-refractivity contribution in [3.63, 3.8) is 0 Å². The minimum atomic E-state index is -0.445. The summed E-state index contributed by atoms with van der Waals surface area (Å²) < 4.78 is 16.0. The van der Waals surface area contributed by atoms with Crippen molar-refractivity contribution in [2.24, 2.45) is 0 Å². The van der Waals surface area contributed by atoms with E-state index in [0.717, 1.165) is 22.5 Å². The van der Waals surface area contributed by atoms with Crippen LogP contribution in [-0.2, 0) is 13.1 Å². The molecule has 0 aliphatic heterocycles. The van der Waals surface area contributed by atoms with Gasteiger partial charge in [-0.2, -0.15) is 5.10 Å². The molecule has 0 N–H and O–H groups in total. The molecule has 0 aliphatic carbocycles. The van der Waals surface area contributed by atoms with Crippen molar-refractivity contribution in [3.05, 3.63) is 85.9 Å². The fourth-order valence-corrected chi connectivity index (χ4v) is 3.69. The third-order valence-electron chi connectivity index (χ3n) is 4.71. The summed E-state index contributed by atoms with van der Waals surface area (Å²) in [4.78, 5) is 14.3. The molecule has 1 aromatic heterocycles. The van der Waals surface area contributed by atoms with Gasteiger partial charge in [-0.1, -0.05) is 29.8 Å². The smallest absolute Gasteiger partial charge is 0.255 e. The Balaban J connectivity index is 1.82. The maximum absolute atomic E-state index is 13.6. The second kappa shape index (κ2) is 8.45. The molecule has 3 rings (SSSR count). The summed E-state index contributed by atoms with van der Waals surface area (Å²) in [6.45, 7) is 4.83. The van der Waals surface area contributed by atoms with Gasteiger partial charge in [0.15, 0.2) is 0 Å². The van der Waals surface area contributed by atoms with Crippen molar-refractivity contribution in [1.82, 2.24) is 14.7 Å². The predicted molar refractivity (Wildman–Crippen MR) is 112 cm³/mol. The van der Waals surface area contributed by atoms with E-state index in [1.165, 1.54) is 18.2 Å². The van der Waals surface area contributed by atoms with Gasteiger partial charge in [0.05, 0.1) is 17.8 Å². The number of benzene rings is 2. The van der Waals surface area contributed by atoms with Crippen molar-refractivity contribution in [2.45, 2.75) is 26.9 Å². The summed E-state index contributed by atoms with van der Waals surface area (Å²) in [7, 11) is 1.70. The average molecular weight is 465 g/mol. The van der Waals surface area contributed by atoms with Crippen LogP contribution in [0.2, 0.25) is 5.02 Å². The summed E-state index contributed by atoms with van der Waals surface area (Å²) >= 11 is 9.58. The van der Waals surface area contributed by atoms with E-state index >= 15 is 0 Å². The first-order chi connectivity index (χ1) is 13.3. The molecule has 28 heavy (non-hydrogen) atoms. The molecular formula is C21H20BrClFN3O. The number of aromatic nitrogens is 2. The van der Waals surface area contributed by atoms with Crippen molar-refractivity contribution < 1.29 is 9.18 Å². The normalized spacial score (nSPS) is 10.9. The van der Waals surface area contributed by atoms with Gasteiger partial charge in [0.2, 0.25) is 0 Å². The quantitative estimate of drug-likeness (QED) is 0.509. The number of carbonyl (C=O) groups is 1. The van der Waals surface area contributed by atoms with Gasteiger partial charge in [-0.05, 0) is 59.6 Å². The molecule has 4 nitrogen and oxygen atoms in total. The molecule has 0 saturated carbocycles. The van der Waals surface area contributed by atoms with Crippen molar-refractivity contribution >= 4 is 33.4 Å². The van der Waals surface area contributed by atoms with Crippen LogP contribution in [0, 0.1) is 19.7 Å². The summed E-state index contributed by atoms with van der Waals surface area (Å²) in [5.41, 5.74) is 4.06. The molecule has 0 spiro atoms. The van der Waals surface area contributed by atoms with Gasteiger partial charge in [0.25, 0.3) is 5.91 Å². The first-order valence-electron chi connectivity index (χ1n) is 8.74. The molecule has 3 aromatic rings. The fraction of sp³-hybridized carbons (Fsp3) is 0.238. The lowest BCUT2D eigenvalue weighted by molar-refractivity contribution is 0.0783. The van der Waals surface area contributed by atoms with Crippen molar-refractivity contribution in [3.8, 4) is 0 Å². The van der Waals surface area contributed by atoms with Crippen molar-refractivity contribution in [2.75, 3.05) is 7.05 Å². The van der Waals surface area contributed by atoms with Crippen LogP contribution >= 0.6 is 27.5 Å². The molecule has 2 aromatic carbocycles. The number of hydrogen-bond acceptors (Lipinski definition) is 2. The highest BCUT2D eigenvalue weighted by Crippen LogP contribution is 2.23. The molecule has 1 amide bonds. The van der Waals surface area contributed by atoms with Gasteiger partial charge in [-0.25, -0.2) is 4.39 Å². The Kier molecular flexibility index (Phi) is 6.20. The SMILES string of the molecule is Cc1nn(Cc2ccccc2Cl)c(C)c1CN(C)C(=O)c1cc(F)ccc1Br. The Hall–Kier alpha value is -2.18. The number of halogens is 3. The number of nitrogens with zero attached hydrogens (tertiary/aromatic N) is 3. The van der Waals surface area contributed by atoms with Crippen LogP contribution in [0.3, 0.4) is 0 Å². The van der Waals surface area contributed by atoms with Gasteiger partial charge < -0.3 is 4.90 Å². The minimum absolute atomic E-state index is 0.260. The summed E-state index contributed by atoms with van der Waals surface area (Å²) in [5, 5.41) is 5.31. The van der Waals surface area contributed by atoms with E-state index in [9.17, 15) is 9.18 Å². The lowest BCUT2D eigenvalue weighted by Crippen LogP contribution is -2.27. The van der Waals surface area contributed by atoms with Gasteiger partial charge in [0.1, 0.15) is 5.82 Å². The van der Waals surface area contributed by atoms with E-state index in [4.69, 9.17) is 11.6 Å². The lowest BCUT2D eigenvalue weighted by Gasteiger charge is -2.18. The summed E-state index contributed by atoms with van der Waals surface area (Å²) in [5.74, 6) is -0.705. The zero-order chi connectivity index (χ0) is 20.4. The van der Waals surface area contributed by atoms with Gasteiger partial charge in [-0.3, -0.25) is 9.48 Å². The van der Waals surface area contributed by atoms with Crippen LogP contribution in [0.15, 0.2) is 46.9 Å². The number of carbonyl (C=O) groups excluding carboxylic acids is 1. The Morgan fingerprint density at radius 3 is 2.68 bits per heavy atom. The van der Waals surface area contributed by atoms with E-state index in [0.29, 0.717) is 28.1 Å². The molecule has 7 heteroatoms. The molecule has 0 unspecified atom stereocenters. The van der Waals surface area contributed by atoms with Crippen LogP contribution in [0.25, 0.3) is 0 Å². The highest BCUT2D eigenvalue weighted by molar-refractivity contribution is 9.10. The molecular weight excluding hydrogens is 445 g/mol. The van der Waals surface area contributed by atoms with Gasteiger partial charge in [0, 0.05) is 34.3 Å². The highest BCUT2D eigenvalue weighted by Gasteiger charge is 2.20. The first-order valence-corrected chi connectivity index (χ1v) is 9.92. The van der Waals surface area contributed by atoms with E-state index in [-0.39, 0.29) is 5.91 Å². The molecule has 1 heterocycles. The lowest BCUT2D eigenvalue weighted by atomic mass is 10.1. The van der Waals surface area contributed by atoms with Crippen LogP contribution in [0.5, 0.6) is 0 Å². The third kappa shape index (κ3) is 4.28. The Morgan fingerprint density at radius 1 is 1.25 bits per heavy atom. The van der Waals surface area contributed by atoms with Crippen LogP contribution in [0.1, 0.15) is 32.9 Å². The van der Waals surface area contributed by atoms with Crippen LogP contribution < -0.4 is 0 Å². The number of amides is 1. The average Bonchev–Trinajstić information content (AvgIpc) is 2.92. The van der Waals surface area contributed by atoms with Crippen LogP contribution in [-0.4, -0.2) is 27.6 Å². The van der Waals surface area contributed by atoms with Crippen molar-refractivity contribution in [1.29, 1.82) is 0 Å². The summed E-state index contributed by atoms with van der Waals surface area (Å²) in [6, 6.07) is 11.7. The predicted octanol–water partition coefficient (Wildman–Crippen LogP) is 5.38. The first kappa shape index (κ1) is 20.6. The topological polar surface area (TPSA) is 38.1 Å². The highest BCUT2D eigenvalue weighted by atomic mass is 79.9. The maximum Gasteiger partial charge on any atom is 0.255 e. The second-order valence-corrected chi connectivity index (χ2v) is 7.95. The van der Waals surface area contributed by atoms with Gasteiger partial charge >= 0.3 is 0 Å². The minimum Gasteiger partial charge on any atom is -0.337 e. The Bertz CT molecular complexity index is 1030. The molecule has 0 atom stereocenters. The van der Waals surface area contributed by atoms with E-state index in [1.54, 1.807) is 11.9 Å². The van der Waals surface area contributed by atoms with E-state index in [2.05, 4.69) is 21.0 Å². The summed E-state index contributed by atoms with van der Waals surface area (Å²) in [6.07, 6.45) is 0. The number of rotatable bonds is 5. The molecule has 0 radical (unpaired) electrons. The third-order valence-corrected chi connectivity index (χ3v) is 5.77. The molecule has 146 valence electrons. The molecule has 0 bridgehead atoms. The zero-order valence-corrected chi connectivity index (χ0v) is 18.2. The van der Waals surface area contributed by atoms with E-state index in [1.807, 2.05) is 42.8 Å². The molecule has 0 aliphatic rings. The number of hydrogen-bond donors (Lipinski definition) is 0. The zero-order valence-electron chi connectivity index (χ0n) is 15.8. The molecule has 0 saturated heterocycles. The monoisotopic (exact) mass is 463 g/mol. The fourth-order valence-electron chi connectivity index (χ4n) is 3.08. The Morgan fingerprint density at radius 2 is 1.96 bits per heavy atom. The number of aryl methyl sites for hydroxylation is 1.